The summed E-state index contributed by atoms with van der Waals surface area (Å²) < 4.78 is 0. The first-order valence-electron chi connectivity index (χ1n) is 7.77. The number of hydrogen-bond acceptors (Lipinski definition) is 1. The van der Waals surface area contributed by atoms with Gasteiger partial charge in [0.2, 0.25) is 0 Å². The largest absolute Gasteiger partial charge is 0.361 e. The Kier molecular flexibility index (Phi) is 2.40. The highest BCUT2D eigenvalue weighted by molar-refractivity contribution is 6.06. The van der Waals surface area contributed by atoms with Gasteiger partial charge in [-0.25, -0.2) is 0 Å². The van der Waals surface area contributed by atoms with Crippen molar-refractivity contribution < 1.29 is 4.79 Å². The molecule has 0 bridgehead atoms. The van der Waals surface area contributed by atoms with E-state index in [4.69, 9.17) is 0 Å². The van der Waals surface area contributed by atoms with E-state index < -0.39 is 0 Å². The Hall–Kier alpha value is -1.77. The van der Waals surface area contributed by atoms with Crippen LogP contribution in [0.1, 0.15) is 44.0 Å². The van der Waals surface area contributed by atoms with Crippen molar-refractivity contribution in [2.45, 2.75) is 39.7 Å². The van der Waals surface area contributed by atoms with Gasteiger partial charge in [-0.1, -0.05) is 26.8 Å². The number of aromatic nitrogens is 1. The number of likely N-dealkylation sites (tertiary alicyclic amines) is 1. The molecule has 1 amide bonds. The van der Waals surface area contributed by atoms with Crippen LogP contribution in [0.4, 0.5) is 0 Å². The number of rotatable bonds is 1. The second-order valence-corrected chi connectivity index (χ2v) is 7.89. The number of benzene rings is 1. The van der Waals surface area contributed by atoms with E-state index in [0.29, 0.717) is 16.9 Å². The topological polar surface area (TPSA) is 36.1 Å². The normalized spacial score (nSPS) is 30.2. The third kappa shape index (κ3) is 1.76. The molecule has 1 aromatic heterocycles. The standard InChI is InChI=1S/C18H22N2O/c1-17(2)9-15-18(3,10-17)11-20(15)16(21)13-5-4-6-14-12(13)7-8-19-14/h4-8,15,19H,9-11H2,1-3H3. The molecule has 21 heavy (non-hydrogen) atoms. The van der Waals surface area contributed by atoms with Crippen molar-refractivity contribution in [2.24, 2.45) is 10.8 Å². The smallest absolute Gasteiger partial charge is 0.254 e. The summed E-state index contributed by atoms with van der Waals surface area (Å²) in [6.07, 6.45) is 4.25. The lowest BCUT2D eigenvalue weighted by Gasteiger charge is -2.52. The van der Waals surface area contributed by atoms with Crippen molar-refractivity contribution in [3.63, 3.8) is 0 Å². The summed E-state index contributed by atoms with van der Waals surface area (Å²) in [7, 11) is 0. The summed E-state index contributed by atoms with van der Waals surface area (Å²) in [5.41, 5.74) is 2.55. The summed E-state index contributed by atoms with van der Waals surface area (Å²) in [5, 5.41) is 1.04. The molecule has 2 unspecified atom stereocenters. The zero-order valence-corrected chi connectivity index (χ0v) is 12.9. The van der Waals surface area contributed by atoms with Crippen LogP contribution in [0.3, 0.4) is 0 Å². The van der Waals surface area contributed by atoms with Crippen LogP contribution in [0.2, 0.25) is 0 Å². The molecule has 1 saturated carbocycles. The van der Waals surface area contributed by atoms with Crippen molar-refractivity contribution in [2.75, 3.05) is 6.54 Å². The monoisotopic (exact) mass is 282 g/mol. The molecule has 1 aliphatic heterocycles. The van der Waals surface area contributed by atoms with Crippen LogP contribution in [0, 0.1) is 10.8 Å². The first kappa shape index (κ1) is 12.9. The van der Waals surface area contributed by atoms with Gasteiger partial charge in [0.05, 0.1) is 0 Å². The molecule has 0 spiro atoms. The second kappa shape index (κ2) is 3.90. The van der Waals surface area contributed by atoms with Gasteiger partial charge >= 0.3 is 0 Å². The van der Waals surface area contributed by atoms with Crippen LogP contribution in [-0.2, 0) is 0 Å². The summed E-state index contributed by atoms with van der Waals surface area (Å²) in [6.45, 7) is 7.89. The maximum atomic E-state index is 12.9. The molecule has 1 N–H and O–H groups in total. The fourth-order valence-electron chi connectivity index (χ4n) is 4.73. The van der Waals surface area contributed by atoms with Crippen LogP contribution >= 0.6 is 0 Å². The number of carbonyl (C=O) groups is 1. The molecule has 0 radical (unpaired) electrons. The first-order chi connectivity index (χ1) is 9.90. The minimum absolute atomic E-state index is 0.195. The van der Waals surface area contributed by atoms with Crippen molar-refractivity contribution in [1.82, 2.24) is 9.88 Å². The molecule has 3 nitrogen and oxygen atoms in total. The van der Waals surface area contributed by atoms with E-state index in [2.05, 4.69) is 30.7 Å². The average molecular weight is 282 g/mol. The molecule has 1 saturated heterocycles. The van der Waals surface area contributed by atoms with Crippen molar-refractivity contribution >= 4 is 16.8 Å². The van der Waals surface area contributed by atoms with Gasteiger partial charge in [-0.2, -0.15) is 0 Å². The minimum Gasteiger partial charge on any atom is -0.361 e. The number of hydrogen-bond donors (Lipinski definition) is 1. The third-order valence-corrected chi connectivity index (χ3v) is 5.43. The zero-order valence-electron chi connectivity index (χ0n) is 12.9. The van der Waals surface area contributed by atoms with Crippen LogP contribution in [0.15, 0.2) is 30.5 Å². The van der Waals surface area contributed by atoms with Gasteiger partial charge in [-0.3, -0.25) is 4.79 Å². The van der Waals surface area contributed by atoms with Gasteiger partial charge in [0.1, 0.15) is 0 Å². The number of fused-ring (bicyclic) bond motifs is 2. The van der Waals surface area contributed by atoms with Crippen LogP contribution in [0.25, 0.3) is 10.9 Å². The van der Waals surface area contributed by atoms with E-state index >= 15 is 0 Å². The molecule has 2 atom stereocenters. The van der Waals surface area contributed by atoms with E-state index in [9.17, 15) is 4.79 Å². The fourth-order valence-corrected chi connectivity index (χ4v) is 4.73. The highest BCUT2D eigenvalue weighted by atomic mass is 16.2. The van der Waals surface area contributed by atoms with Gasteiger partial charge in [-0.05, 0) is 36.5 Å². The lowest BCUT2D eigenvalue weighted by atomic mass is 9.74. The van der Waals surface area contributed by atoms with Gasteiger partial charge < -0.3 is 9.88 Å². The summed E-state index contributed by atoms with van der Waals surface area (Å²) in [5.74, 6) is 0.195. The Balaban J connectivity index is 1.67. The maximum absolute atomic E-state index is 12.9. The van der Waals surface area contributed by atoms with Gasteiger partial charge in [-0.15, -0.1) is 0 Å². The fraction of sp³-hybridized carbons (Fsp3) is 0.500. The number of nitrogens with zero attached hydrogens (tertiary/aromatic N) is 1. The maximum Gasteiger partial charge on any atom is 0.254 e. The van der Waals surface area contributed by atoms with Gasteiger partial charge in [0.25, 0.3) is 5.91 Å². The first-order valence-corrected chi connectivity index (χ1v) is 7.77. The molecule has 2 heterocycles. The Morgan fingerprint density at radius 1 is 1.29 bits per heavy atom. The molecule has 110 valence electrons. The quantitative estimate of drug-likeness (QED) is 0.848. The lowest BCUT2D eigenvalue weighted by molar-refractivity contribution is -0.0214. The zero-order chi connectivity index (χ0) is 14.8. The van der Waals surface area contributed by atoms with Crippen molar-refractivity contribution in [3.8, 4) is 0 Å². The third-order valence-electron chi connectivity index (χ3n) is 5.43. The second-order valence-electron chi connectivity index (χ2n) is 7.89. The molecule has 2 aromatic rings. The SMILES string of the molecule is CC1(C)CC2N(C(=O)c3cccc4[nH]ccc34)CC2(C)C1. The van der Waals surface area contributed by atoms with E-state index in [0.717, 1.165) is 29.4 Å². The number of aromatic amines is 1. The summed E-state index contributed by atoms with van der Waals surface area (Å²) in [6, 6.07) is 8.34. The molecular weight excluding hydrogens is 260 g/mol. The molecule has 2 fully saturated rings. The predicted molar refractivity (Wildman–Crippen MR) is 84.2 cm³/mol. The highest BCUT2D eigenvalue weighted by Gasteiger charge is 2.59. The van der Waals surface area contributed by atoms with E-state index in [1.54, 1.807) is 0 Å². The van der Waals surface area contributed by atoms with Gasteiger partial charge in [0.15, 0.2) is 0 Å². The number of H-pyrrole nitrogens is 1. The predicted octanol–water partition coefficient (Wildman–Crippen LogP) is 3.82. The minimum atomic E-state index is 0.195. The summed E-state index contributed by atoms with van der Waals surface area (Å²) >= 11 is 0. The summed E-state index contributed by atoms with van der Waals surface area (Å²) in [4.78, 5) is 18.2. The average Bonchev–Trinajstić information content (AvgIpc) is 2.95. The molecule has 4 rings (SSSR count). The highest BCUT2D eigenvalue weighted by Crippen LogP contribution is 2.57. The Morgan fingerprint density at radius 3 is 2.86 bits per heavy atom. The molecular formula is C18H22N2O. The number of nitrogens with one attached hydrogen (secondary N) is 1. The van der Waals surface area contributed by atoms with Crippen molar-refractivity contribution in [3.05, 3.63) is 36.0 Å². The van der Waals surface area contributed by atoms with E-state index in [-0.39, 0.29) is 5.91 Å². The van der Waals surface area contributed by atoms with Gasteiger partial charge in [0, 0.05) is 40.7 Å². The van der Waals surface area contributed by atoms with Crippen LogP contribution < -0.4 is 0 Å². The Bertz CT molecular complexity index is 730. The Labute approximate surface area is 125 Å². The molecule has 3 heteroatoms. The van der Waals surface area contributed by atoms with Crippen LogP contribution in [0.5, 0.6) is 0 Å². The molecule has 1 aromatic carbocycles. The number of amides is 1. The van der Waals surface area contributed by atoms with Crippen LogP contribution in [-0.4, -0.2) is 28.4 Å². The van der Waals surface area contributed by atoms with Crippen molar-refractivity contribution in [1.29, 1.82) is 0 Å². The number of carbonyl (C=O) groups excluding carboxylic acids is 1. The Morgan fingerprint density at radius 2 is 2.10 bits per heavy atom. The molecule has 2 aliphatic rings. The van der Waals surface area contributed by atoms with E-state index in [1.165, 1.54) is 6.42 Å². The van der Waals surface area contributed by atoms with E-state index in [1.807, 2.05) is 30.5 Å². The molecule has 1 aliphatic carbocycles. The lowest BCUT2D eigenvalue weighted by Crippen LogP contribution is -2.62.